The van der Waals surface area contributed by atoms with E-state index >= 15 is 0 Å². The Morgan fingerprint density at radius 3 is 2.35 bits per heavy atom. The van der Waals surface area contributed by atoms with Gasteiger partial charge in [0.2, 0.25) is 11.8 Å². The summed E-state index contributed by atoms with van der Waals surface area (Å²) < 4.78 is 0. The van der Waals surface area contributed by atoms with E-state index in [1.54, 1.807) is 11.8 Å². The molecule has 0 saturated carbocycles. The molecule has 0 unspecified atom stereocenters. The first kappa shape index (κ1) is 16.0. The standard InChI is InChI=1S/C16H25N5O2/c1-13(22)20-6-8-21(9-7-20)16(23)12-19-4-2-14(3-5-19)15-10-17-18-11-15/h10-11,14H,2-9,12H2,1H3,(H,17,18). The Kier molecular flexibility index (Phi) is 4.95. The molecule has 1 aromatic rings. The quantitative estimate of drug-likeness (QED) is 0.868. The van der Waals surface area contributed by atoms with E-state index in [0.717, 1.165) is 25.9 Å². The lowest BCUT2D eigenvalue weighted by Crippen LogP contribution is -2.52. The molecule has 3 heterocycles. The zero-order valence-electron chi connectivity index (χ0n) is 13.7. The van der Waals surface area contributed by atoms with Crippen LogP contribution in [0.2, 0.25) is 0 Å². The average Bonchev–Trinajstić information content (AvgIpc) is 3.10. The molecular weight excluding hydrogens is 294 g/mol. The topological polar surface area (TPSA) is 72.5 Å². The minimum Gasteiger partial charge on any atom is -0.339 e. The Bertz CT molecular complexity index is 529. The van der Waals surface area contributed by atoms with Gasteiger partial charge in [0.1, 0.15) is 0 Å². The third-order valence-electron chi connectivity index (χ3n) is 5.01. The number of aromatic nitrogens is 2. The second kappa shape index (κ2) is 7.12. The van der Waals surface area contributed by atoms with Gasteiger partial charge < -0.3 is 9.80 Å². The van der Waals surface area contributed by atoms with Crippen LogP contribution in [0.4, 0.5) is 0 Å². The maximum atomic E-state index is 12.4. The van der Waals surface area contributed by atoms with Crippen molar-refractivity contribution in [2.24, 2.45) is 0 Å². The Hall–Kier alpha value is -1.89. The minimum atomic E-state index is 0.0958. The van der Waals surface area contributed by atoms with Crippen LogP contribution < -0.4 is 0 Å². The first-order chi connectivity index (χ1) is 11.1. The van der Waals surface area contributed by atoms with Crippen LogP contribution in [0, 0.1) is 0 Å². The molecule has 126 valence electrons. The first-order valence-corrected chi connectivity index (χ1v) is 8.38. The van der Waals surface area contributed by atoms with Crippen LogP contribution in [0.1, 0.15) is 31.2 Å². The van der Waals surface area contributed by atoms with E-state index in [4.69, 9.17) is 0 Å². The number of nitrogens with one attached hydrogen (secondary N) is 1. The van der Waals surface area contributed by atoms with E-state index in [1.807, 2.05) is 17.3 Å². The third kappa shape index (κ3) is 3.90. The Morgan fingerprint density at radius 2 is 1.78 bits per heavy atom. The van der Waals surface area contributed by atoms with Crippen molar-refractivity contribution in [2.75, 3.05) is 45.8 Å². The van der Waals surface area contributed by atoms with Crippen molar-refractivity contribution in [3.8, 4) is 0 Å². The molecule has 1 N–H and O–H groups in total. The highest BCUT2D eigenvalue weighted by Crippen LogP contribution is 2.26. The fourth-order valence-corrected chi connectivity index (χ4v) is 3.47. The number of amides is 2. The number of likely N-dealkylation sites (tertiary alicyclic amines) is 1. The van der Waals surface area contributed by atoms with Gasteiger partial charge in [-0.2, -0.15) is 5.10 Å². The van der Waals surface area contributed by atoms with E-state index < -0.39 is 0 Å². The molecule has 0 spiro atoms. The van der Waals surface area contributed by atoms with Gasteiger partial charge in [0.15, 0.2) is 0 Å². The lowest BCUT2D eigenvalue weighted by Gasteiger charge is -2.36. The summed E-state index contributed by atoms with van der Waals surface area (Å²) in [6, 6.07) is 0. The zero-order valence-corrected chi connectivity index (χ0v) is 13.7. The average molecular weight is 319 g/mol. The van der Waals surface area contributed by atoms with Gasteiger partial charge in [-0.25, -0.2) is 0 Å². The summed E-state index contributed by atoms with van der Waals surface area (Å²) in [6.07, 6.45) is 6.02. The highest BCUT2D eigenvalue weighted by molar-refractivity contribution is 5.79. The zero-order chi connectivity index (χ0) is 16.2. The van der Waals surface area contributed by atoms with Gasteiger partial charge in [0.25, 0.3) is 0 Å². The summed E-state index contributed by atoms with van der Waals surface area (Å²) in [5, 5.41) is 6.89. The second-order valence-corrected chi connectivity index (χ2v) is 6.47. The summed E-state index contributed by atoms with van der Waals surface area (Å²) >= 11 is 0. The molecule has 2 fully saturated rings. The Labute approximate surface area is 136 Å². The molecular formula is C16H25N5O2. The predicted octanol–water partition coefficient (Wildman–Crippen LogP) is 0.280. The number of carbonyl (C=O) groups excluding carboxylic acids is 2. The normalized spacial score (nSPS) is 20.7. The molecule has 2 aliphatic heterocycles. The molecule has 2 amide bonds. The monoisotopic (exact) mass is 319 g/mol. The molecule has 0 aliphatic carbocycles. The van der Waals surface area contributed by atoms with Crippen LogP contribution in [0.5, 0.6) is 0 Å². The molecule has 7 heteroatoms. The number of hydrogen-bond donors (Lipinski definition) is 1. The van der Waals surface area contributed by atoms with Gasteiger partial charge in [-0.3, -0.25) is 19.6 Å². The van der Waals surface area contributed by atoms with Crippen LogP contribution >= 0.6 is 0 Å². The van der Waals surface area contributed by atoms with Crippen LogP contribution in [-0.4, -0.2) is 82.5 Å². The van der Waals surface area contributed by atoms with Gasteiger partial charge >= 0.3 is 0 Å². The summed E-state index contributed by atoms with van der Waals surface area (Å²) in [6.45, 7) is 6.62. The predicted molar refractivity (Wildman–Crippen MR) is 85.8 cm³/mol. The second-order valence-electron chi connectivity index (χ2n) is 6.47. The van der Waals surface area contributed by atoms with Crippen molar-refractivity contribution in [1.29, 1.82) is 0 Å². The molecule has 1 aromatic heterocycles. The minimum absolute atomic E-state index is 0.0958. The molecule has 2 saturated heterocycles. The van der Waals surface area contributed by atoms with Gasteiger partial charge in [0.05, 0.1) is 12.7 Å². The molecule has 0 radical (unpaired) electrons. The van der Waals surface area contributed by atoms with E-state index in [9.17, 15) is 9.59 Å². The third-order valence-corrected chi connectivity index (χ3v) is 5.01. The van der Waals surface area contributed by atoms with E-state index in [2.05, 4.69) is 15.1 Å². The van der Waals surface area contributed by atoms with Crippen molar-refractivity contribution in [3.63, 3.8) is 0 Å². The maximum Gasteiger partial charge on any atom is 0.236 e. The van der Waals surface area contributed by atoms with E-state index in [0.29, 0.717) is 38.6 Å². The van der Waals surface area contributed by atoms with Crippen LogP contribution in [0.25, 0.3) is 0 Å². The number of carbonyl (C=O) groups is 2. The molecule has 2 aliphatic rings. The maximum absolute atomic E-state index is 12.4. The van der Waals surface area contributed by atoms with Crippen molar-refractivity contribution in [2.45, 2.75) is 25.7 Å². The number of hydrogen-bond acceptors (Lipinski definition) is 4. The van der Waals surface area contributed by atoms with Gasteiger partial charge in [-0.1, -0.05) is 0 Å². The van der Waals surface area contributed by atoms with Crippen molar-refractivity contribution < 1.29 is 9.59 Å². The number of aromatic amines is 1. The van der Waals surface area contributed by atoms with Crippen molar-refractivity contribution >= 4 is 11.8 Å². The number of piperazine rings is 1. The molecule has 0 aromatic carbocycles. The van der Waals surface area contributed by atoms with E-state index in [1.165, 1.54) is 5.56 Å². The number of piperidine rings is 1. The van der Waals surface area contributed by atoms with Gasteiger partial charge in [-0.15, -0.1) is 0 Å². The molecule has 23 heavy (non-hydrogen) atoms. The smallest absolute Gasteiger partial charge is 0.236 e. The Morgan fingerprint density at radius 1 is 1.13 bits per heavy atom. The van der Waals surface area contributed by atoms with Crippen molar-refractivity contribution in [1.82, 2.24) is 24.9 Å². The molecule has 7 nitrogen and oxygen atoms in total. The highest BCUT2D eigenvalue weighted by atomic mass is 16.2. The Balaban J connectivity index is 1.42. The summed E-state index contributed by atoms with van der Waals surface area (Å²) in [5.74, 6) is 0.840. The lowest BCUT2D eigenvalue weighted by molar-refractivity contribution is -0.139. The molecule has 0 atom stereocenters. The van der Waals surface area contributed by atoms with Gasteiger partial charge in [0, 0.05) is 39.3 Å². The lowest BCUT2D eigenvalue weighted by atomic mass is 9.91. The van der Waals surface area contributed by atoms with Gasteiger partial charge in [-0.05, 0) is 37.4 Å². The van der Waals surface area contributed by atoms with Crippen LogP contribution in [0.3, 0.4) is 0 Å². The number of H-pyrrole nitrogens is 1. The summed E-state index contributed by atoms with van der Waals surface area (Å²) in [5.41, 5.74) is 1.27. The van der Waals surface area contributed by atoms with Crippen LogP contribution in [-0.2, 0) is 9.59 Å². The van der Waals surface area contributed by atoms with Crippen molar-refractivity contribution in [3.05, 3.63) is 18.0 Å². The fraction of sp³-hybridized carbons (Fsp3) is 0.688. The van der Waals surface area contributed by atoms with Crippen LogP contribution in [0.15, 0.2) is 12.4 Å². The van der Waals surface area contributed by atoms with E-state index in [-0.39, 0.29) is 11.8 Å². The number of nitrogens with zero attached hydrogens (tertiary/aromatic N) is 4. The first-order valence-electron chi connectivity index (χ1n) is 8.38. The number of rotatable bonds is 3. The summed E-state index contributed by atoms with van der Waals surface area (Å²) in [7, 11) is 0. The molecule has 3 rings (SSSR count). The summed E-state index contributed by atoms with van der Waals surface area (Å²) in [4.78, 5) is 29.7. The SMILES string of the molecule is CC(=O)N1CCN(C(=O)CN2CCC(c3cn[nH]c3)CC2)CC1. The largest absolute Gasteiger partial charge is 0.339 e. The highest BCUT2D eigenvalue weighted by Gasteiger charge is 2.26. The fourth-order valence-electron chi connectivity index (χ4n) is 3.47. The molecule has 0 bridgehead atoms.